The van der Waals surface area contributed by atoms with Gasteiger partial charge in [0.15, 0.2) is 0 Å². The average molecular weight is 310 g/mol. The molecule has 0 N–H and O–H groups in total. The molecule has 2 heterocycles. The summed E-state index contributed by atoms with van der Waals surface area (Å²) in [5.41, 5.74) is 1.81. The minimum absolute atomic E-state index is 0.0932. The van der Waals surface area contributed by atoms with Gasteiger partial charge in [0.1, 0.15) is 0 Å². The number of hydrogen-bond donors (Lipinski definition) is 0. The number of likely N-dealkylation sites (tertiary alicyclic amines) is 1. The molecule has 4 nitrogen and oxygen atoms in total. The third kappa shape index (κ3) is 3.52. The molecular weight excluding hydrogens is 288 g/mol. The van der Waals surface area contributed by atoms with Crippen molar-refractivity contribution in [2.24, 2.45) is 0 Å². The van der Waals surface area contributed by atoms with Crippen LogP contribution in [0.4, 0.5) is 0 Å². The first-order chi connectivity index (χ1) is 11.1. The maximum atomic E-state index is 12.7. The Balaban J connectivity index is 1.77. The number of aromatic nitrogens is 1. The van der Waals surface area contributed by atoms with Gasteiger partial charge in [0.2, 0.25) is 5.88 Å². The Morgan fingerprint density at radius 1 is 1.22 bits per heavy atom. The van der Waals surface area contributed by atoms with Crippen LogP contribution in [0.2, 0.25) is 0 Å². The van der Waals surface area contributed by atoms with Gasteiger partial charge in [0.05, 0.1) is 12.1 Å². The molecule has 0 radical (unpaired) electrons. The van der Waals surface area contributed by atoms with Crippen LogP contribution in [0.15, 0.2) is 48.7 Å². The minimum atomic E-state index is 0.0932. The zero-order valence-corrected chi connectivity index (χ0v) is 13.6. The highest BCUT2D eigenvalue weighted by molar-refractivity contribution is 5.94. The fourth-order valence-electron chi connectivity index (χ4n) is 3.00. The number of benzene rings is 1. The van der Waals surface area contributed by atoms with Gasteiger partial charge in [0, 0.05) is 24.4 Å². The van der Waals surface area contributed by atoms with E-state index in [1.807, 2.05) is 67.4 Å². The number of amides is 1. The Morgan fingerprint density at radius 3 is 2.65 bits per heavy atom. The van der Waals surface area contributed by atoms with Crippen molar-refractivity contribution in [1.82, 2.24) is 9.88 Å². The zero-order chi connectivity index (χ0) is 16.2. The SMILES string of the molecule is CC(C)Oc1ccc(C2CCCN2C(=O)c2ccccc2)cn1. The first-order valence-electron chi connectivity index (χ1n) is 8.14. The summed E-state index contributed by atoms with van der Waals surface area (Å²) in [6.45, 7) is 4.75. The molecule has 120 valence electrons. The number of carbonyl (C=O) groups is 1. The number of carbonyl (C=O) groups excluding carboxylic acids is 1. The van der Waals surface area contributed by atoms with E-state index in [1.165, 1.54) is 0 Å². The maximum absolute atomic E-state index is 12.7. The van der Waals surface area contributed by atoms with Gasteiger partial charge in [-0.25, -0.2) is 4.98 Å². The molecule has 1 aliphatic rings. The van der Waals surface area contributed by atoms with E-state index in [0.717, 1.165) is 30.5 Å². The zero-order valence-electron chi connectivity index (χ0n) is 13.6. The fourth-order valence-corrected chi connectivity index (χ4v) is 3.00. The van der Waals surface area contributed by atoms with Crippen molar-refractivity contribution >= 4 is 5.91 Å². The second-order valence-electron chi connectivity index (χ2n) is 6.12. The van der Waals surface area contributed by atoms with Gasteiger partial charge in [-0.05, 0) is 44.4 Å². The lowest BCUT2D eigenvalue weighted by Crippen LogP contribution is -2.30. The van der Waals surface area contributed by atoms with Crippen LogP contribution in [-0.2, 0) is 0 Å². The minimum Gasteiger partial charge on any atom is -0.475 e. The number of ether oxygens (including phenoxy) is 1. The molecule has 1 aromatic carbocycles. The van der Waals surface area contributed by atoms with Crippen molar-refractivity contribution in [3.63, 3.8) is 0 Å². The first-order valence-corrected chi connectivity index (χ1v) is 8.14. The Labute approximate surface area is 137 Å². The van der Waals surface area contributed by atoms with Crippen LogP contribution in [0.1, 0.15) is 48.7 Å². The quantitative estimate of drug-likeness (QED) is 0.861. The Bertz CT molecular complexity index is 653. The van der Waals surface area contributed by atoms with Gasteiger partial charge < -0.3 is 9.64 Å². The summed E-state index contributed by atoms with van der Waals surface area (Å²) >= 11 is 0. The van der Waals surface area contributed by atoms with Gasteiger partial charge in [0.25, 0.3) is 5.91 Å². The summed E-state index contributed by atoms with van der Waals surface area (Å²) in [6, 6.07) is 13.5. The van der Waals surface area contributed by atoms with Crippen molar-refractivity contribution in [3.05, 3.63) is 59.8 Å². The average Bonchev–Trinajstić information content (AvgIpc) is 3.05. The highest BCUT2D eigenvalue weighted by Crippen LogP contribution is 2.33. The third-order valence-electron chi connectivity index (χ3n) is 4.03. The molecule has 1 fully saturated rings. The molecule has 1 unspecified atom stereocenters. The molecule has 1 aliphatic heterocycles. The standard InChI is InChI=1S/C19H22N2O2/c1-14(2)23-18-11-10-16(13-20-18)17-9-6-12-21(17)19(22)15-7-4-3-5-8-15/h3-5,7-8,10-11,13-14,17H,6,9,12H2,1-2H3. The lowest BCUT2D eigenvalue weighted by Gasteiger charge is -2.25. The molecule has 0 aliphatic carbocycles. The summed E-state index contributed by atoms with van der Waals surface area (Å²) < 4.78 is 5.58. The summed E-state index contributed by atoms with van der Waals surface area (Å²) in [6.07, 6.45) is 3.94. The second-order valence-corrected chi connectivity index (χ2v) is 6.12. The van der Waals surface area contributed by atoms with E-state index in [1.54, 1.807) is 0 Å². The van der Waals surface area contributed by atoms with Gasteiger partial charge in [-0.3, -0.25) is 4.79 Å². The van der Waals surface area contributed by atoms with E-state index in [9.17, 15) is 4.79 Å². The summed E-state index contributed by atoms with van der Waals surface area (Å²) in [5, 5.41) is 0. The largest absolute Gasteiger partial charge is 0.475 e. The molecule has 1 atom stereocenters. The molecular formula is C19H22N2O2. The lowest BCUT2D eigenvalue weighted by molar-refractivity contribution is 0.0735. The lowest BCUT2D eigenvalue weighted by atomic mass is 10.1. The van der Waals surface area contributed by atoms with Crippen LogP contribution in [0, 0.1) is 0 Å². The molecule has 2 aromatic rings. The van der Waals surface area contributed by atoms with Crippen LogP contribution >= 0.6 is 0 Å². The van der Waals surface area contributed by atoms with Crippen LogP contribution in [0.3, 0.4) is 0 Å². The van der Waals surface area contributed by atoms with Crippen molar-refractivity contribution < 1.29 is 9.53 Å². The van der Waals surface area contributed by atoms with Crippen molar-refractivity contribution in [2.75, 3.05) is 6.54 Å². The number of rotatable bonds is 4. The van der Waals surface area contributed by atoms with Crippen LogP contribution in [-0.4, -0.2) is 28.4 Å². The van der Waals surface area contributed by atoms with E-state index in [2.05, 4.69) is 4.98 Å². The molecule has 0 spiro atoms. The predicted octanol–water partition coefficient (Wildman–Crippen LogP) is 3.85. The molecule has 0 saturated carbocycles. The first kappa shape index (κ1) is 15.5. The topological polar surface area (TPSA) is 42.4 Å². The monoisotopic (exact) mass is 310 g/mol. The normalized spacial score (nSPS) is 17.5. The van der Waals surface area contributed by atoms with E-state index in [4.69, 9.17) is 4.74 Å². The maximum Gasteiger partial charge on any atom is 0.254 e. The molecule has 1 amide bonds. The highest BCUT2D eigenvalue weighted by Gasteiger charge is 2.30. The van der Waals surface area contributed by atoms with Crippen LogP contribution in [0.25, 0.3) is 0 Å². The summed E-state index contributed by atoms with van der Waals surface area (Å²) in [7, 11) is 0. The molecule has 3 rings (SSSR count). The molecule has 0 bridgehead atoms. The van der Waals surface area contributed by atoms with Crippen molar-refractivity contribution in [1.29, 1.82) is 0 Å². The molecule has 4 heteroatoms. The molecule has 23 heavy (non-hydrogen) atoms. The van der Waals surface area contributed by atoms with Gasteiger partial charge >= 0.3 is 0 Å². The van der Waals surface area contributed by atoms with E-state index < -0.39 is 0 Å². The predicted molar refractivity (Wildman–Crippen MR) is 89.5 cm³/mol. The number of pyridine rings is 1. The van der Waals surface area contributed by atoms with Crippen molar-refractivity contribution in [2.45, 2.75) is 38.8 Å². The smallest absolute Gasteiger partial charge is 0.254 e. The Kier molecular flexibility index (Phi) is 4.60. The van der Waals surface area contributed by atoms with E-state index >= 15 is 0 Å². The number of hydrogen-bond acceptors (Lipinski definition) is 3. The molecule has 1 saturated heterocycles. The third-order valence-corrected chi connectivity index (χ3v) is 4.03. The Morgan fingerprint density at radius 2 is 2.00 bits per heavy atom. The fraction of sp³-hybridized carbons (Fsp3) is 0.368. The molecule has 1 aromatic heterocycles. The highest BCUT2D eigenvalue weighted by atomic mass is 16.5. The van der Waals surface area contributed by atoms with E-state index in [-0.39, 0.29) is 18.1 Å². The van der Waals surface area contributed by atoms with Crippen molar-refractivity contribution in [3.8, 4) is 5.88 Å². The number of nitrogens with zero attached hydrogens (tertiary/aromatic N) is 2. The Hall–Kier alpha value is -2.36. The van der Waals surface area contributed by atoms with Gasteiger partial charge in [-0.1, -0.05) is 24.3 Å². The van der Waals surface area contributed by atoms with Gasteiger partial charge in [-0.15, -0.1) is 0 Å². The van der Waals surface area contributed by atoms with Crippen LogP contribution < -0.4 is 4.74 Å². The summed E-state index contributed by atoms with van der Waals surface area (Å²) in [5.74, 6) is 0.721. The van der Waals surface area contributed by atoms with E-state index in [0.29, 0.717) is 5.88 Å². The second kappa shape index (κ2) is 6.82. The van der Waals surface area contributed by atoms with Crippen LogP contribution in [0.5, 0.6) is 5.88 Å². The van der Waals surface area contributed by atoms with Gasteiger partial charge in [-0.2, -0.15) is 0 Å². The summed E-state index contributed by atoms with van der Waals surface area (Å²) in [4.78, 5) is 19.0.